The van der Waals surface area contributed by atoms with Crippen LogP contribution in [-0.4, -0.2) is 11.1 Å². The molecule has 0 radical (unpaired) electrons. The van der Waals surface area contributed by atoms with Crippen molar-refractivity contribution in [2.45, 2.75) is 0 Å². The average molecular weight is 264 g/mol. The highest BCUT2D eigenvalue weighted by atomic mass is 35.5. The minimum atomic E-state index is -1.06. The van der Waals surface area contributed by atoms with E-state index in [-0.39, 0.29) is 11.3 Å². The van der Waals surface area contributed by atoms with Crippen LogP contribution in [0.25, 0.3) is 0 Å². The first-order chi connectivity index (χ1) is 8.56. The van der Waals surface area contributed by atoms with Gasteiger partial charge in [-0.1, -0.05) is 11.6 Å². The van der Waals surface area contributed by atoms with Gasteiger partial charge in [0.05, 0.1) is 5.56 Å². The minimum absolute atomic E-state index is 0.0541. The maximum atomic E-state index is 10.8. The standard InChI is InChI=1S/C13H10ClNO3/c14-8-1-3-9(4-2-8)18-10-5-6-11(13(16)17)12(15)7-10/h1-7H,15H2,(H,16,17). The van der Waals surface area contributed by atoms with Gasteiger partial charge in [0.1, 0.15) is 11.5 Å². The molecule has 2 aromatic rings. The molecule has 0 heterocycles. The van der Waals surface area contributed by atoms with E-state index in [0.29, 0.717) is 16.5 Å². The second kappa shape index (κ2) is 4.98. The second-order valence-electron chi connectivity index (χ2n) is 3.61. The number of ether oxygens (including phenoxy) is 1. The van der Waals surface area contributed by atoms with Crippen LogP contribution in [0.5, 0.6) is 11.5 Å². The number of carboxylic acids is 1. The Labute approximate surface area is 109 Å². The van der Waals surface area contributed by atoms with Gasteiger partial charge < -0.3 is 15.6 Å². The molecule has 0 aliphatic heterocycles. The molecule has 0 amide bonds. The highest BCUT2D eigenvalue weighted by Crippen LogP contribution is 2.26. The van der Waals surface area contributed by atoms with Crippen LogP contribution >= 0.6 is 11.6 Å². The van der Waals surface area contributed by atoms with E-state index >= 15 is 0 Å². The molecule has 0 fully saturated rings. The van der Waals surface area contributed by atoms with Gasteiger partial charge >= 0.3 is 5.97 Å². The summed E-state index contributed by atoms with van der Waals surface area (Å²) in [4.78, 5) is 10.8. The van der Waals surface area contributed by atoms with E-state index in [9.17, 15) is 4.79 Å². The first-order valence-electron chi connectivity index (χ1n) is 5.12. The summed E-state index contributed by atoms with van der Waals surface area (Å²) in [6.07, 6.45) is 0. The first-order valence-corrected chi connectivity index (χ1v) is 5.50. The summed E-state index contributed by atoms with van der Waals surface area (Å²) in [5.74, 6) is 0.00670. The normalized spacial score (nSPS) is 10.1. The fourth-order valence-corrected chi connectivity index (χ4v) is 1.56. The van der Waals surface area contributed by atoms with Crippen LogP contribution in [0.4, 0.5) is 5.69 Å². The third kappa shape index (κ3) is 2.73. The molecule has 0 aromatic heterocycles. The lowest BCUT2D eigenvalue weighted by molar-refractivity contribution is 0.0698. The molecule has 0 aliphatic carbocycles. The number of rotatable bonds is 3. The Morgan fingerprint density at radius 3 is 2.28 bits per heavy atom. The molecule has 2 aromatic carbocycles. The van der Waals surface area contributed by atoms with Gasteiger partial charge in [0.25, 0.3) is 0 Å². The molecule has 5 heteroatoms. The highest BCUT2D eigenvalue weighted by Gasteiger charge is 2.08. The zero-order valence-electron chi connectivity index (χ0n) is 9.26. The zero-order valence-corrected chi connectivity index (χ0v) is 10.0. The van der Waals surface area contributed by atoms with Crippen molar-refractivity contribution in [2.24, 2.45) is 0 Å². The summed E-state index contributed by atoms with van der Waals surface area (Å²) in [7, 11) is 0. The Bertz CT molecular complexity index is 581. The van der Waals surface area contributed by atoms with E-state index in [0.717, 1.165) is 0 Å². The van der Waals surface area contributed by atoms with Crippen molar-refractivity contribution in [1.82, 2.24) is 0 Å². The van der Waals surface area contributed by atoms with Crippen molar-refractivity contribution in [2.75, 3.05) is 5.73 Å². The number of carboxylic acid groups (broad SMARTS) is 1. The number of nitrogens with two attached hydrogens (primary N) is 1. The molecule has 4 nitrogen and oxygen atoms in total. The lowest BCUT2D eigenvalue weighted by atomic mass is 10.2. The Kier molecular flexibility index (Phi) is 3.39. The molecule has 0 unspecified atom stereocenters. The van der Waals surface area contributed by atoms with E-state index in [1.165, 1.54) is 12.1 Å². The third-order valence-electron chi connectivity index (χ3n) is 2.30. The van der Waals surface area contributed by atoms with E-state index in [1.807, 2.05) is 0 Å². The van der Waals surface area contributed by atoms with Gasteiger partial charge in [-0.25, -0.2) is 4.79 Å². The summed E-state index contributed by atoms with van der Waals surface area (Å²) < 4.78 is 5.52. The molecule has 0 saturated heterocycles. The number of hydrogen-bond donors (Lipinski definition) is 2. The van der Waals surface area contributed by atoms with Crippen molar-refractivity contribution in [1.29, 1.82) is 0 Å². The van der Waals surface area contributed by atoms with E-state index in [4.69, 9.17) is 27.2 Å². The van der Waals surface area contributed by atoms with E-state index in [1.54, 1.807) is 30.3 Å². The summed E-state index contributed by atoms with van der Waals surface area (Å²) in [5, 5.41) is 9.46. The third-order valence-corrected chi connectivity index (χ3v) is 2.55. The van der Waals surface area contributed by atoms with Gasteiger partial charge in [0.15, 0.2) is 0 Å². The van der Waals surface area contributed by atoms with Crippen molar-refractivity contribution in [3.05, 3.63) is 53.1 Å². The van der Waals surface area contributed by atoms with Gasteiger partial charge in [0.2, 0.25) is 0 Å². The zero-order chi connectivity index (χ0) is 13.1. The molecule has 0 bridgehead atoms. The lowest BCUT2D eigenvalue weighted by Gasteiger charge is -2.07. The van der Waals surface area contributed by atoms with Crippen LogP contribution in [0.1, 0.15) is 10.4 Å². The number of nitrogen functional groups attached to an aromatic ring is 1. The van der Waals surface area contributed by atoms with Crippen LogP contribution < -0.4 is 10.5 Å². The molecule has 2 rings (SSSR count). The predicted octanol–water partition coefficient (Wildman–Crippen LogP) is 3.41. The number of hydrogen-bond acceptors (Lipinski definition) is 3. The predicted molar refractivity (Wildman–Crippen MR) is 69.3 cm³/mol. The molecule has 18 heavy (non-hydrogen) atoms. The molecular weight excluding hydrogens is 254 g/mol. The Morgan fingerprint density at radius 1 is 1.11 bits per heavy atom. The molecule has 92 valence electrons. The molecule has 0 spiro atoms. The number of benzene rings is 2. The van der Waals surface area contributed by atoms with Gasteiger partial charge in [-0.15, -0.1) is 0 Å². The summed E-state index contributed by atoms with van der Waals surface area (Å²) in [5.41, 5.74) is 5.83. The fraction of sp³-hybridized carbons (Fsp3) is 0. The maximum absolute atomic E-state index is 10.8. The Balaban J connectivity index is 2.22. The Hall–Kier alpha value is -2.20. The second-order valence-corrected chi connectivity index (χ2v) is 4.05. The summed E-state index contributed by atoms with van der Waals surface area (Å²) in [6, 6.07) is 11.3. The number of anilines is 1. The highest BCUT2D eigenvalue weighted by molar-refractivity contribution is 6.30. The maximum Gasteiger partial charge on any atom is 0.337 e. The topological polar surface area (TPSA) is 72.5 Å². The summed E-state index contributed by atoms with van der Waals surface area (Å²) in [6.45, 7) is 0. The van der Waals surface area contributed by atoms with Crippen molar-refractivity contribution in [3.8, 4) is 11.5 Å². The van der Waals surface area contributed by atoms with E-state index < -0.39 is 5.97 Å². The molecule has 0 atom stereocenters. The van der Waals surface area contributed by atoms with Crippen molar-refractivity contribution < 1.29 is 14.6 Å². The SMILES string of the molecule is Nc1cc(Oc2ccc(Cl)cc2)ccc1C(=O)O. The van der Waals surface area contributed by atoms with Crippen LogP contribution in [0.15, 0.2) is 42.5 Å². The largest absolute Gasteiger partial charge is 0.478 e. The fourth-order valence-electron chi connectivity index (χ4n) is 1.44. The monoisotopic (exact) mass is 263 g/mol. The van der Waals surface area contributed by atoms with E-state index in [2.05, 4.69) is 0 Å². The molecule has 0 aliphatic rings. The van der Waals surface area contributed by atoms with Crippen LogP contribution in [0.2, 0.25) is 5.02 Å². The molecular formula is C13H10ClNO3. The molecule has 3 N–H and O–H groups in total. The summed E-state index contributed by atoms with van der Waals surface area (Å²) >= 11 is 5.75. The van der Waals surface area contributed by atoms with Gasteiger partial charge in [-0.3, -0.25) is 0 Å². The Morgan fingerprint density at radius 2 is 1.72 bits per heavy atom. The minimum Gasteiger partial charge on any atom is -0.478 e. The number of aromatic carboxylic acids is 1. The van der Waals surface area contributed by atoms with Crippen LogP contribution in [0, 0.1) is 0 Å². The van der Waals surface area contributed by atoms with Gasteiger partial charge in [-0.2, -0.15) is 0 Å². The van der Waals surface area contributed by atoms with Gasteiger partial charge in [-0.05, 0) is 36.4 Å². The smallest absolute Gasteiger partial charge is 0.337 e. The first kappa shape index (κ1) is 12.3. The van der Waals surface area contributed by atoms with Crippen molar-refractivity contribution >= 4 is 23.3 Å². The number of halogens is 1. The average Bonchev–Trinajstić information content (AvgIpc) is 2.32. The van der Waals surface area contributed by atoms with Crippen molar-refractivity contribution in [3.63, 3.8) is 0 Å². The van der Waals surface area contributed by atoms with Gasteiger partial charge in [0, 0.05) is 16.8 Å². The quantitative estimate of drug-likeness (QED) is 0.833. The number of carbonyl (C=O) groups is 1. The lowest BCUT2D eigenvalue weighted by Crippen LogP contribution is -2.02. The van der Waals surface area contributed by atoms with Crippen LogP contribution in [-0.2, 0) is 0 Å². The van der Waals surface area contributed by atoms with Crippen LogP contribution in [0.3, 0.4) is 0 Å². The molecule has 0 saturated carbocycles.